The van der Waals surface area contributed by atoms with Gasteiger partial charge in [-0.1, -0.05) is 60.2 Å². The molecule has 0 bridgehead atoms. The minimum Gasteiger partial charge on any atom is -0.349 e. The van der Waals surface area contributed by atoms with Crippen molar-refractivity contribution in [1.82, 2.24) is 9.97 Å². The first-order valence-corrected chi connectivity index (χ1v) is 10.6. The molecule has 0 aliphatic heterocycles. The van der Waals surface area contributed by atoms with Crippen LogP contribution >= 0.6 is 22.9 Å². The summed E-state index contributed by atoms with van der Waals surface area (Å²) in [4.78, 5) is 12.4. The second kappa shape index (κ2) is 7.90. The van der Waals surface area contributed by atoms with Gasteiger partial charge in [0.1, 0.15) is 10.6 Å². The summed E-state index contributed by atoms with van der Waals surface area (Å²) in [5, 5.41) is 3.52. The van der Waals surface area contributed by atoms with E-state index in [0.29, 0.717) is 5.28 Å². The van der Waals surface area contributed by atoms with Crippen molar-refractivity contribution in [3.8, 4) is 11.1 Å². The number of thiophene rings is 1. The number of rotatable bonds is 5. The van der Waals surface area contributed by atoms with Crippen molar-refractivity contribution in [2.45, 2.75) is 33.4 Å². The first-order chi connectivity index (χ1) is 13.5. The van der Waals surface area contributed by atoms with Crippen LogP contribution in [0, 0.1) is 6.92 Å². The third-order valence-corrected chi connectivity index (χ3v) is 5.88. The van der Waals surface area contributed by atoms with Crippen LogP contribution in [0.15, 0.2) is 60.0 Å². The van der Waals surface area contributed by atoms with E-state index in [0.717, 1.165) is 28.1 Å². The highest BCUT2D eigenvalue weighted by Gasteiger charge is 2.21. The molecule has 0 aliphatic carbocycles. The number of benzene rings is 2. The Kier molecular flexibility index (Phi) is 5.33. The smallest absolute Gasteiger partial charge is 0.225 e. The Morgan fingerprint density at radius 2 is 1.71 bits per heavy atom. The van der Waals surface area contributed by atoms with E-state index in [1.54, 1.807) is 11.3 Å². The van der Waals surface area contributed by atoms with Crippen molar-refractivity contribution in [2.75, 3.05) is 4.90 Å². The molecule has 2 aromatic carbocycles. The van der Waals surface area contributed by atoms with Gasteiger partial charge in [0.25, 0.3) is 0 Å². The first kappa shape index (κ1) is 18.9. The van der Waals surface area contributed by atoms with Crippen LogP contribution in [-0.4, -0.2) is 16.0 Å². The van der Waals surface area contributed by atoms with Crippen LogP contribution in [0.4, 0.5) is 5.82 Å². The van der Waals surface area contributed by atoms with Gasteiger partial charge in [-0.25, -0.2) is 4.98 Å². The van der Waals surface area contributed by atoms with Crippen molar-refractivity contribution in [2.24, 2.45) is 0 Å². The van der Waals surface area contributed by atoms with E-state index in [1.807, 2.05) is 6.07 Å². The zero-order valence-corrected chi connectivity index (χ0v) is 17.8. The number of hydrogen-bond acceptors (Lipinski definition) is 4. The Morgan fingerprint density at radius 3 is 2.39 bits per heavy atom. The van der Waals surface area contributed by atoms with Crippen LogP contribution in [0.2, 0.25) is 5.28 Å². The van der Waals surface area contributed by atoms with Crippen LogP contribution < -0.4 is 4.90 Å². The van der Waals surface area contributed by atoms with Gasteiger partial charge in [-0.3, -0.25) is 0 Å². The standard InChI is InChI=1S/C23H22ClN3S/c1-15(2)27(13-17-7-5-4-6-8-17)21-20-19(18-11-9-16(3)10-12-18)14-28-22(20)26-23(24)25-21/h4-12,14-15H,13H2,1-3H3. The molecule has 142 valence electrons. The summed E-state index contributed by atoms with van der Waals surface area (Å²) in [6.07, 6.45) is 0. The van der Waals surface area contributed by atoms with Crippen molar-refractivity contribution in [1.29, 1.82) is 0 Å². The highest BCUT2D eigenvalue weighted by molar-refractivity contribution is 7.17. The Morgan fingerprint density at radius 1 is 1.00 bits per heavy atom. The van der Waals surface area contributed by atoms with Gasteiger partial charge in [0, 0.05) is 23.5 Å². The van der Waals surface area contributed by atoms with Crippen LogP contribution in [0.1, 0.15) is 25.0 Å². The maximum atomic E-state index is 6.31. The van der Waals surface area contributed by atoms with E-state index in [1.165, 1.54) is 16.7 Å². The molecule has 28 heavy (non-hydrogen) atoms. The third kappa shape index (κ3) is 3.75. The second-order valence-corrected chi connectivity index (χ2v) is 8.42. The average molecular weight is 408 g/mol. The maximum absolute atomic E-state index is 6.31. The maximum Gasteiger partial charge on any atom is 0.225 e. The summed E-state index contributed by atoms with van der Waals surface area (Å²) in [6.45, 7) is 7.24. The minimum atomic E-state index is 0.264. The lowest BCUT2D eigenvalue weighted by Crippen LogP contribution is -2.31. The van der Waals surface area contributed by atoms with E-state index in [-0.39, 0.29) is 6.04 Å². The fourth-order valence-electron chi connectivity index (χ4n) is 3.33. The van der Waals surface area contributed by atoms with Crippen molar-refractivity contribution in [3.05, 3.63) is 76.4 Å². The van der Waals surface area contributed by atoms with E-state index in [4.69, 9.17) is 11.6 Å². The van der Waals surface area contributed by atoms with E-state index < -0.39 is 0 Å². The summed E-state index contributed by atoms with van der Waals surface area (Å²) < 4.78 is 0. The van der Waals surface area contributed by atoms with Crippen LogP contribution in [-0.2, 0) is 6.54 Å². The molecule has 2 aromatic heterocycles. The van der Waals surface area contributed by atoms with Gasteiger partial charge in [0.15, 0.2) is 0 Å². The number of nitrogens with zero attached hydrogens (tertiary/aromatic N) is 3. The number of halogens is 1. The number of hydrogen-bond donors (Lipinski definition) is 0. The zero-order valence-electron chi connectivity index (χ0n) is 16.2. The van der Waals surface area contributed by atoms with E-state index >= 15 is 0 Å². The third-order valence-electron chi connectivity index (χ3n) is 4.84. The van der Waals surface area contributed by atoms with Gasteiger partial charge < -0.3 is 4.90 Å². The summed E-state index contributed by atoms with van der Waals surface area (Å²) in [7, 11) is 0. The van der Waals surface area contributed by atoms with E-state index in [9.17, 15) is 0 Å². The predicted molar refractivity (Wildman–Crippen MR) is 120 cm³/mol. The second-order valence-electron chi connectivity index (χ2n) is 7.22. The Balaban J connectivity index is 1.88. The predicted octanol–water partition coefficient (Wildman–Crippen LogP) is 6.74. The number of fused-ring (bicyclic) bond motifs is 1. The molecule has 5 heteroatoms. The molecular formula is C23H22ClN3S. The largest absolute Gasteiger partial charge is 0.349 e. The number of anilines is 1. The molecule has 0 saturated heterocycles. The summed E-state index contributed by atoms with van der Waals surface area (Å²) in [5.41, 5.74) is 4.82. The molecule has 0 fully saturated rings. The number of aryl methyl sites for hydroxylation is 1. The molecule has 3 nitrogen and oxygen atoms in total. The molecule has 0 radical (unpaired) electrons. The lowest BCUT2D eigenvalue weighted by Gasteiger charge is -2.29. The van der Waals surface area contributed by atoms with Gasteiger partial charge in [0.05, 0.1) is 5.39 Å². The Bertz CT molecular complexity index is 1090. The first-order valence-electron chi connectivity index (χ1n) is 9.35. The normalized spacial score (nSPS) is 11.3. The minimum absolute atomic E-state index is 0.264. The summed E-state index contributed by atoms with van der Waals surface area (Å²) in [6, 6.07) is 19.3. The van der Waals surface area contributed by atoms with Crippen LogP contribution in [0.5, 0.6) is 0 Å². The molecule has 0 amide bonds. The molecule has 0 atom stereocenters. The number of aromatic nitrogens is 2. The SMILES string of the molecule is Cc1ccc(-c2csc3nc(Cl)nc(N(Cc4ccccc4)C(C)C)c23)cc1. The molecule has 4 aromatic rings. The quantitative estimate of drug-likeness (QED) is 0.343. The zero-order chi connectivity index (χ0) is 19.7. The Hall–Kier alpha value is -2.43. The molecule has 0 spiro atoms. The lowest BCUT2D eigenvalue weighted by atomic mass is 10.0. The van der Waals surface area contributed by atoms with Crippen molar-refractivity contribution >= 4 is 39.0 Å². The van der Waals surface area contributed by atoms with Gasteiger partial charge in [-0.15, -0.1) is 11.3 Å². The summed E-state index contributed by atoms with van der Waals surface area (Å²) in [5.74, 6) is 0.894. The monoisotopic (exact) mass is 407 g/mol. The molecular weight excluding hydrogens is 386 g/mol. The van der Waals surface area contributed by atoms with Crippen LogP contribution in [0.25, 0.3) is 21.3 Å². The molecule has 2 heterocycles. The average Bonchev–Trinajstić information content (AvgIpc) is 3.10. The van der Waals surface area contributed by atoms with Gasteiger partial charge in [-0.05, 0) is 43.5 Å². The summed E-state index contributed by atoms with van der Waals surface area (Å²) >= 11 is 7.92. The van der Waals surface area contributed by atoms with Gasteiger partial charge >= 0.3 is 0 Å². The van der Waals surface area contributed by atoms with Gasteiger partial charge in [0.2, 0.25) is 5.28 Å². The van der Waals surface area contributed by atoms with Crippen molar-refractivity contribution < 1.29 is 0 Å². The fourth-order valence-corrected chi connectivity index (χ4v) is 4.49. The molecule has 4 rings (SSSR count). The molecule has 0 saturated carbocycles. The highest BCUT2D eigenvalue weighted by Crippen LogP contribution is 2.39. The van der Waals surface area contributed by atoms with Gasteiger partial charge in [-0.2, -0.15) is 4.98 Å². The lowest BCUT2D eigenvalue weighted by molar-refractivity contribution is 0.675. The Labute approximate surface area is 174 Å². The fraction of sp³-hybridized carbons (Fsp3) is 0.217. The molecule has 0 aliphatic rings. The highest BCUT2D eigenvalue weighted by atomic mass is 35.5. The molecule has 0 unspecified atom stereocenters. The van der Waals surface area contributed by atoms with Crippen LogP contribution in [0.3, 0.4) is 0 Å². The topological polar surface area (TPSA) is 29.0 Å². The molecule has 0 N–H and O–H groups in total. The van der Waals surface area contributed by atoms with Crippen molar-refractivity contribution in [3.63, 3.8) is 0 Å². The van der Waals surface area contributed by atoms with E-state index in [2.05, 4.69) is 89.6 Å².